The summed E-state index contributed by atoms with van der Waals surface area (Å²) in [6, 6.07) is -1.40. The van der Waals surface area contributed by atoms with Gasteiger partial charge in [0.15, 0.2) is 0 Å². The highest BCUT2D eigenvalue weighted by molar-refractivity contribution is 5.92. The molecule has 3 N–H and O–H groups in total. The van der Waals surface area contributed by atoms with Gasteiger partial charge in [0.2, 0.25) is 11.8 Å². The zero-order valence-electron chi connectivity index (χ0n) is 10.9. The van der Waals surface area contributed by atoms with Gasteiger partial charge < -0.3 is 15.7 Å². The van der Waals surface area contributed by atoms with Crippen LogP contribution in [0.5, 0.6) is 0 Å². The van der Waals surface area contributed by atoms with E-state index in [0.717, 1.165) is 32.1 Å². The first-order valence-corrected chi connectivity index (χ1v) is 6.90. The molecular formula is C13H20N2O4. The topological polar surface area (TPSA) is 95.5 Å². The van der Waals surface area contributed by atoms with Crippen molar-refractivity contribution in [2.75, 3.05) is 0 Å². The van der Waals surface area contributed by atoms with Crippen LogP contribution in [-0.4, -0.2) is 35.0 Å². The van der Waals surface area contributed by atoms with Gasteiger partial charge in [0.05, 0.1) is 0 Å². The lowest BCUT2D eigenvalue weighted by Crippen LogP contribution is -2.52. The molecule has 2 rings (SSSR count). The molecule has 19 heavy (non-hydrogen) atoms. The van der Waals surface area contributed by atoms with Crippen LogP contribution in [0.3, 0.4) is 0 Å². The van der Waals surface area contributed by atoms with Crippen molar-refractivity contribution in [2.45, 2.75) is 57.0 Å². The Balaban J connectivity index is 1.94. The third kappa shape index (κ3) is 3.45. The molecule has 0 aromatic heterocycles. The Hall–Kier alpha value is -1.59. The Morgan fingerprint density at radius 3 is 2.42 bits per heavy atom. The highest BCUT2D eigenvalue weighted by Gasteiger charge is 2.34. The summed E-state index contributed by atoms with van der Waals surface area (Å²) in [6.45, 7) is 0. The quantitative estimate of drug-likeness (QED) is 0.688. The Kier molecular flexibility index (Phi) is 4.39. The maximum Gasteiger partial charge on any atom is 0.326 e. The van der Waals surface area contributed by atoms with Crippen LogP contribution in [0.15, 0.2) is 0 Å². The Bertz CT molecular complexity index is 377. The molecule has 0 aromatic carbocycles. The van der Waals surface area contributed by atoms with Gasteiger partial charge in [-0.15, -0.1) is 0 Å². The highest BCUT2D eigenvalue weighted by Crippen LogP contribution is 2.26. The third-order valence-corrected chi connectivity index (χ3v) is 4.00. The predicted octanol–water partition coefficient (Wildman–Crippen LogP) is 0.415. The van der Waals surface area contributed by atoms with Crippen molar-refractivity contribution >= 4 is 17.8 Å². The molecule has 1 saturated carbocycles. The Labute approximate surface area is 111 Å². The number of nitrogens with one attached hydrogen (secondary N) is 2. The molecule has 0 bridgehead atoms. The molecule has 0 radical (unpaired) electrons. The molecule has 106 valence electrons. The summed E-state index contributed by atoms with van der Waals surface area (Å²) in [4.78, 5) is 34.3. The van der Waals surface area contributed by atoms with Crippen molar-refractivity contribution in [3.8, 4) is 0 Å². The second kappa shape index (κ2) is 6.04. The van der Waals surface area contributed by atoms with Gasteiger partial charge in [0.1, 0.15) is 12.1 Å². The smallest absolute Gasteiger partial charge is 0.326 e. The standard InChI is InChI=1S/C13H20N2O4/c16-10-7-6-9(14-10)12(17)15-11(13(18)19)8-4-2-1-3-5-8/h8-9,11H,1-7H2,(H,14,16)(H,15,17)(H,18,19)/t9-,11+/m1/s1. The number of carboxylic acids is 1. The zero-order chi connectivity index (χ0) is 13.8. The number of aliphatic carboxylic acids is 1. The van der Waals surface area contributed by atoms with E-state index >= 15 is 0 Å². The average Bonchev–Trinajstić information content (AvgIpc) is 2.83. The lowest BCUT2D eigenvalue weighted by Gasteiger charge is -2.28. The van der Waals surface area contributed by atoms with Crippen LogP contribution in [0.4, 0.5) is 0 Å². The molecule has 1 aliphatic heterocycles. The molecular weight excluding hydrogens is 248 g/mol. The first-order chi connectivity index (χ1) is 9.08. The number of hydrogen-bond acceptors (Lipinski definition) is 3. The fourth-order valence-corrected chi connectivity index (χ4v) is 2.91. The molecule has 2 aliphatic rings. The van der Waals surface area contributed by atoms with Crippen molar-refractivity contribution < 1.29 is 19.5 Å². The molecule has 6 nitrogen and oxygen atoms in total. The summed E-state index contributed by atoms with van der Waals surface area (Å²) < 4.78 is 0. The van der Waals surface area contributed by atoms with Crippen molar-refractivity contribution in [3.05, 3.63) is 0 Å². The molecule has 1 saturated heterocycles. The number of amides is 2. The largest absolute Gasteiger partial charge is 0.480 e. The van der Waals surface area contributed by atoms with E-state index in [-0.39, 0.29) is 17.7 Å². The maximum absolute atomic E-state index is 12.0. The monoisotopic (exact) mass is 268 g/mol. The SMILES string of the molecule is O=C1CC[C@H](C(=O)N[C@H](C(=O)O)C2CCCCC2)N1. The van der Waals surface area contributed by atoms with E-state index < -0.39 is 18.1 Å². The van der Waals surface area contributed by atoms with Crippen LogP contribution in [0.25, 0.3) is 0 Å². The molecule has 1 heterocycles. The van der Waals surface area contributed by atoms with E-state index in [2.05, 4.69) is 10.6 Å². The minimum absolute atomic E-state index is 0.00676. The highest BCUT2D eigenvalue weighted by atomic mass is 16.4. The maximum atomic E-state index is 12.0. The van der Waals surface area contributed by atoms with Gasteiger partial charge >= 0.3 is 5.97 Å². The van der Waals surface area contributed by atoms with Crippen molar-refractivity contribution in [1.29, 1.82) is 0 Å². The van der Waals surface area contributed by atoms with Crippen LogP contribution in [0, 0.1) is 5.92 Å². The van der Waals surface area contributed by atoms with E-state index in [9.17, 15) is 19.5 Å². The van der Waals surface area contributed by atoms with Gasteiger partial charge in [-0.3, -0.25) is 9.59 Å². The fourth-order valence-electron chi connectivity index (χ4n) is 2.91. The minimum Gasteiger partial charge on any atom is -0.480 e. The molecule has 0 unspecified atom stereocenters. The predicted molar refractivity (Wildman–Crippen MR) is 67.3 cm³/mol. The number of rotatable bonds is 4. The first kappa shape index (κ1) is 13.8. The Morgan fingerprint density at radius 2 is 1.89 bits per heavy atom. The third-order valence-electron chi connectivity index (χ3n) is 4.00. The number of hydrogen-bond donors (Lipinski definition) is 3. The number of carbonyl (C=O) groups is 3. The van der Waals surface area contributed by atoms with Crippen LogP contribution >= 0.6 is 0 Å². The molecule has 0 spiro atoms. The summed E-state index contributed by atoms with van der Waals surface area (Å²) in [5.41, 5.74) is 0. The number of carboxylic acid groups (broad SMARTS) is 1. The lowest BCUT2D eigenvalue weighted by molar-refractivity contribution is -0.144. The van der Waals surface area contributed by atoms with Crippen LogP contribution in [-0.2, 0) is 14.4 Å². The lowest BCUT2D eigenvalue weighted by atomic mass is 9.84. The van der Waals surface area contributed by atoms with Crippen LogP contribution in [0.2, 0.25) is 0 Å². The van der Waals surface area contributed by atoms with Crippen LogP contribution in [0.1, 0.15) is 44.9 Å². The average molecular weight is 268 g/mol. The molecule has 2 fully saturated rings. The zero-order valence-corrected chi connectivity index (χ0v) is 10.9. The van der Waals surface area contributed by atoms with E-state index in [1.807, 2.05) is 0 Å². The van der Waals surface area contributed by atoms with E-state index in [1.165, 1.54) is 0 Å². The van der Waals surface area contributed by atoms with Crippen molar-refractivity contribution in [2.24, 2.45) is 5.92 Å². The van der Waals surface area contributed by atoms with Gasteiger partial charge in [0.25, 0.3) is 0 Å². The summed E-state index contributed by atoms with van der Waals surface area (Å²) in [6.07, 6.45) is 5.63. The first-order valence-electron chi connectivity index (χ1n) is 6.90. The molecule has 2 atom stereocenters. The second-order valence-electron chi connectivity index (χ2n) is 5.38. The van der Waals surface area contributed by atoms with Crippen LogP contribution < -0.4 is 10.6 Å². The Morgan fingerprint density at radius 1 is 1.21 bits per heavy atom. The minimum atomic E-state index is -0.982. The van der Waals surface area contributed by atoms with Gasteiger partial charge in [-0.2, -0.15) is 0 Å². The van der Waals surface area contributed by atoms with Crippen molar-refractivity contribution in [3.63, 3.8) is 0 Å². The normalized spacial score (nSPS) is 25.7. The van der Waals surface area contributed by atoms with Gasteiger partial charge in [-0.25, -0.2) is 4.79 Å². The van der Waals surface area contributed by atoms with Gasteiger partial charge in [-0.1, -0.05) is 19.3 Å². The molecule has 0 aromatic rings. The van der Waals surface area contributed by atoms with E-state index in [4.69, 9.17) is 0 Å². The summed E-state index contributed by atoms with van der Waals surface area (Å²) in [7, 11) is 0. The van der Waals surface area contributed by atoms with Gasteiger partial charge in [-0.05, 0) is 25.2 Å². The van der Waals surface area contributed by atoms with Crippen molar-refractivity contribution in [1.82, 2.24) is 10.6 Å². The summed E-state index contributed by atoms with van der Waals surface area (Å²) >= 11 is 0. The molecule has 2 amide bonds. The second-order valence-corrected chi connectivity index (χ2v) is 5.38. The van der Waals surface area contributed by atoms with Gasteiger partial charge in [0, 0.05) is 6.42 Å². The fraction of sp³-hybridized carbons (Fsp3) is 0.769. The summed E-state index contributed by atoms with van der Waals surface area (Å²) in [5, 5.41) is 14.4. The molecule has 1 aliphatic carbocycles. The molecule has 6 heteroatoms. The number of carbonyl (C=O) groups excluding carboxylic acids is 2. The summed E-state index contributed by atoms with van der Waals surface area (Å²) in [5.74, 6) is -1.50. The van der Waals surface area contributed by atoms with E-state index in [0.29, 0.717) is 12.8 Å². The van der Waals surface area contributed by atoms with E-state index in [1.54, 1.807) is 0 Å².